The maximum Gasteiger partial charge on any atom is 0.267 e. The molecule has 3 N–H and O–H groups in total. The van der Waals surface area contributed by atoms with Gasteiger partial charge in [-0.3, -0.25) is 9.35 Å². The molecule has 2 atom stereocenters. The summed E-state index contributed by atoms with van der Waals surface area (Å²) in [7, 11) is -4.35. The van der Waals surface area contributed by atoms with Crippen LogP contribution in [0.3, 0.4) is 0 Å². The maximum atomic E-state index is 12.4. The number of aliphatic hydroxyl groups excluding tert-OH is 1. The van der Waals surface area contributed by atoms with Crippen LogP contribution >= 0.6 is 0 Å². The molecule has 0 aliphatic carbocycles. The van der Waals surface area contributed by atoms with Gasteiger partial charge >= 0.3 is 0 Å². The molecule has 0 fully saturated rings. The fourth-order valence-electron chi connectivity index (χ4n) is 5.38. The second-order valence-corrected chi connectivity index (χ2v) is 14.3. The van der Waals surface area contributed by atoms with Crippen LogP contribution in [0.5, 0.6) is 0 Å². The number of hydrogen-bond donors (Lipinski definition) is 3. The number of hydrogen-bond acceptors (Lipinski definition) is 4. The summed E-state index contributed by atoms with van der Waals surface area (Å²) in [5, 5.41) is 13.2. The number of carbonyl (C=O) groups is 1. The van der Waals surface area contributed by atoms with E-state index in [1.165, 1.54) is 89.5 Å². The van der Waals surface area contributed by atoms with Crippen LogP contribution in [0.2, 0.25) is 0 Å². The van der Waals surface area contributed by atoms with Crippen LogP contribution in [0.25, 0.3) is 0 Å². The Balaban J connectivity index is 4.04. The highest BCUT2D eigenvalue weighted by Gasteiger charge is 2.24. The van der Waals surface area contributed by atoms with Crippen molar-refractivity contribution in [3.63, 3.8) is 0 Å². The lowest BCUT2D eigenvalue weighted by atomic mass is 10.0. The average molecular weight is 666 g/mol. The summed E-state index contributed by atoms with van der Waals surface area (Å²) in [6, 6.07) is -1.08. The summed E-state index contributed by atoms with van der Waals surface area (Å²) in [6.45, 7) is 4.44. The normalized spacial score (nSPS) is 13.9. The Morgan fingerprint density at radius 2 is 1.04 bits per heavy atom. The average Bonchev–Trinajstić information content (AvgIpc) is 3.01. The van der Waals surface area contributed by atoms with Gasteiger partial charge in [-0.15, -0.1) is 0 Å². The first-order valence-corrected chi connectivity index (χ1v) is 20.4. The summed E-state index contributed by atoms with van der Waals surface area (Å²) in [5.74, 6) is -1.02. The van der Waals surface area contributed by atoms with Gasteiger partial charge in [-0.25, -0.2) is 0 Å². The van der Waals surface area contributed by atoms with Crippen molar-refractivity contribution < 1.29 is 22.9 Å². The molecule has 0 rings (SSSR count). The van der Waals surface area contributed by atoms with E-state index >= 15 is 0 Å². The first kappa shape index (κ1) is 44.3. The summed E-state index contributed by atoms with van der Waals surface area (Å²) < 4.78 is 32.4. The summed E-state index contributed by atoms with van der Waals surface area (Å²) in [4.78, 5) is 12.4. The van der Waals surface area contributed by atoms with Crippen LogP contribution in [0.15, 0.2) is 48.6 Å². The molecule has 2 unspecified atom stereocenters. The minimum atomic E-state index is -4.35. The van der Waals surface area contributed by atoms with Crippen LogP contribution in [0, 0.1) is 0 Å². The third-order valence-corrected chi connectivity index (χ3v) is 8.99. The van der Waals surface area contributed by atoms with E-state index < -0.39 is 28.0 Å². The Kier molecular flexibility index (Phi) is 32.0. The molecule has 0 aromatic heterocycles. The van der Waals surface area contributed by atoms with Crippen LogP contribution in [-0.2, 0) is 14.9 Å². The van der Waals surface area contributed by atoms with E-state index in [4.69, 9.17) is 0 Å². The first-order valence-electron chi connectivity index (χ1n) is 18.8. The van der Waals surface area contributed by atoms with Crippen molar-refractivity contribution in [1.29, 1.82) is 0 Å². The fourth-order valence-corrected chi connectivity index (χ4v) is 6.12. The Labute approximate surface area is 284 Å². The Bertz CT molecular complexity index is 909. The third kappa shape index (κ3) is 33.7. The van der Waals surface area contributed by atoms with Crippen molar-refractivity contribution >= 4 is 16.0 Å². The molecule has 7 heteroatoms. The first-order chi connectivity index (χ1) is 22.3. The van der Waals surface area contributed by atoms with Gasteiger partial charge in [0.25, 0.3) is 10.1 Å². The van der Waals surface area contributed by atoms with Gasteiger partial charge < -0.3 is 10.4 Å². The quantitative estimate of drug-likeness (QED) is 0.0368. The van der Waals surface area contributed by atoms with Crippen LogP contribution in [-0.4, -0.2) is 41.9 Å². The molecule has 0 saturated heterocycles. The second-order valence-electron chi connectivity index (χ2n) is 12.8. The number of rotatable bonds is 33. The predicted octanol–water partition coefficient (Wildman–Crippen LogP) is 10.7. The molecule has 1 amide bonds. The van der Waals surface area contributed by atoms with Crippen molar-refractivity contribution in [3.8, 4) is 0 Å². The molecule has 0 radical (unpaired) electrons. The number of allylic oxidation sites excluding steroid dienone is 7. The summed E-state index contributed by atoms with van der Waals surface area (Å²) in [6.07, 6.45) is 43.8. The topological polar surface area (TPSA) is 104 Å². The van der Waals surface area contributed by atoms with Crippen LogP contribution < -0.4 is 5.32 Å². The van der Waals surface area contributed by atoms with Gasteiger partial charge in [0.2, 0.25) is 5.91 Å². The van der Waals surface area contributed by atoms with Crippen molar-refractivity contribution in [2.24, 2.45) is 0 Å². The minimum Gasteiger partial charge on any atom is -0.387 e. The molecule has 0 bridgehead atoms. The second kappa shape index (κ2) is 33.2. The van der Waals surface area contributed by atoms with Gasteiger partial charge in [-0.05, 0) is 57.8 Å². The van der Waals surface area contributed by atoms with E-state index in [0.717, 1.165) is 57.8 Å². The zero-order valence-corrected chi connectivity index (χ0v) is 30.5. The molecule has 268 valence electrons. The smallest absolute Gasteiger partial charge is 0.267 e. The van der Waals surface area contributed by atoms with Gasteiger partial charge in [0, 0.05) is 6.42 Å². The SMILES string of the molecule is CCC/C=C\C/C=C\CCCCCCCC(=O)NC(CS(=O)(=O)O)C(O)/C=C/CC/C=C/CCCCCCCCCCCCCC. The zero-order chi connectivity index (χ0) is 34.0. The molecular weight excluding hydrogens is 594 g/mol. The number of amides is 1. The highest BCUT2D eigenvalue weighted by molar-refractivity contribution is 7.85. The van der Waals surface area contributed by atoms with Gasteiger partial charge in [-0.1, -0.05) is 159 Å². The lowest BCUT2D eigenvalue weighted by Crippen LogP contribution is -2.46. The highest BCUT2D eigenvalue weighted by atomic mass is 32.2. The molecule has 0 aromatic rings. The molecule has 0 heterocycles. The Hall–Kier alpha value is -1.70. The van der Waals surface area contributed by atoms with E-state index in [9.17, 15) is 22.9 Å². The number of nitrogens with one attached hydrogen (secondary N) is 1. The van der Waals surface area contributed by atoms with E-state index in [2.05, 4.69) is 55.6 Å². The van der Waals surface area contributed by atoms with Crippen molar-refractivity contribution in [1.82, 2.24) is 5.32 Å². The fraction of sp³-hybridized carbons (Fsp3) is 0.769. The third-order valence-electron chi connectivity index (χ3n) is 8.21. The van der Waals surface area contributed by atoms with Crippen molar-refractivity contribution in [2.45, 2.75) is 187 Å². The number of aliphatic hydroxyl groups is 1. The highest BCUT2D eigenvalue weighted by Crippen LogP contribution is 2.13. The molecule has 6 nitrogen and oxygen atoms in total. The molecule has 0 spiro atoms. The largest absolute Gasteiger partial charge is 0.387 e. The predicted molar refractivity (Wildman–Crippen MR) is 198 cm³/mol. The van der Waals surface area contributed by atoms with Crippen molar-refractivity contribution in [3.05, 3.63) is 48.6 Å². The Morgan fingerprint density at radius 1 is 0.587 bits per heavy atom. The van der Waals surface area contributed by atoms with Gasteiger partial charge in [0.05, 0.1) is 17.9 Å². The van der Waals surface area contributed by atoms with E-state index in [0.29, 0.717) is 12.8 Å². The van der Waals surface area contributed by atoms with Gasteiger partial charge in [0.15, 0.2) is 0 Å². The molecule has 0 aliphatic heterocycles. The van der Waals surface area contributed by atoms with Gasteiger partial charge in [-0.2, -0.15) is 8.42 Å². The standard InChI is InChI=1S/C39H71NO5S/c1-3-5-7-9-11-13-15-17-18-19-20-21-23-24-26-28-30-32-34-38(41)37(36-46(43,44)45)40-39(42)35-33-31-29-27-25-22-16-14-12-10-8-6-4-2/h8,10,14,16,24,26,32,34,37-38,41H,3-7,9,11-13,15,17-23,25,27-31,33,35-36H2,1-2H3,(H,40,42)(H,43,44,45)/b10-8-,16-14-,26-24+,34-32+. The lowest BCUT2D eigenvalue weighted by Gasteiger charge is -2.21. The lowest BCUT2D eigenvalue weighted by molar-refractivity contribution is -0.122. The summed E-state index contributed by atoms with van der Waals surface area (Å²) in [5.41, 5.74) is 0. The number of carbonyl (C=O) groups excluding carboxylic acids is 1. The number of unbranched alkanes of at least 4 members (excludes halogenated alkanes) is 19. The minimum absolute atomic E-state index is 0.270. The molecule has 0 saturated carbocycles. The van der Waals surface area contributed by atoms with Crippen LogP contribution in [0.1, 0.15) is 174 Å². The molecule has 46 heavy (non-hydrogen) atoms. The van der Waals surface area contributed by atoms with Crippen LogP contribution in [0.4, 0.5) is 0 Å². The molecule has 0 aromatic carbocycles. The van der Waals surface area contributed by atoms with Gasteiger partial charge in [0.1, 0.15) is 0 Å². The molecule has 0 aliphatic rings. The summed E-state index contributed by atoms with van der Waals surface area (Å²) >= 11 is 0. The van der Waals surface area contributed by atoms with Crippen molar-refractivity contribution in [2.75, 3.05) is 5.75 Å². The molecular formula is C39H71NO5S. The van der Waals surface area contributed by atoms with E-state index in [1.54, 1.807) is 6.08 Å². The van der Waals surface area contributed by atoms with E-state index in [-0.39, 0.29) is 12.3 Å². The zero-order valence-electron chi connectivity index (χ0n) is 29.7. The monoisotopic (exact) mass is 666 g/mol. The van der Waals surface area contributed by atoms with E-state index in [1.807, 2.05) is 0 Å². The Morgan fingerprint density at radius 3 is 1.59 bits per heavy atom. The maximum absolute atomic E-state index is 12.4.